The Hall–Kier alpha value is -0.820. The molecule has 1 aliphatic heterocycles. The number of nitrogens with two attached hydrogens (primary N) is 1. The van der Waals surface area contributed by atoms with Crippen molar-refractivity contribution in [3.63, 3.8) is 0 Å². The molecule has 0 radical (unpaired) electrons. The van der Waals surface area contributed by atoms with Crippen LogP contribution < -0.4 is 5.73 Å². The van der Waals surface area contributed by atoms with Crippen molar-refractivity contribution in [2.75, 3.05) is 13.2 Å². The fourth-order valence-corrected chi connectivity index (χ4v) is 2.76. The second-order valence-electron chi connectivity index (χ2n) is 4.64. The van der Waals surface area contributed by atoms with Crippen molar-refractivity contribution in [3.8, 4) is 5.75 Å². The first-order valence-corrected chi connectivity index (χ1v) is 6.89. The van der Waals surface area contributed by atoms with Crippen LogP contribution >= 0.6 is 28.3 Å². The van der Waals surface area contributed by atoms with Gasteiger partial charge < -0.3 is 20.7 Å². The molecule has 4 N–H and O–H groups in total. The molecule has 0 spiro atoms. The molecule has 5 nitrogen and oxygen atoms in total. The number of phenolic OH excluding ortho intramolecular Hbond substituents is 1. The lowest BCUT2D eigenvalue weighted by molar-refractivity contribution is 0.0575. The van der Waals surface area contributed by atoms with E-state index in [9.17, 15) is 15.0 Å². The standard InChI is InChI=1S/C13H16BrNO4.ClH/c14-9-2-1-8(13(17)18)10(12(9)16)11(15)7-3-5-19-6-4-7;/h1-2,7,11,16H,3-6,15H2,(H,17,18);1H/t11-;/m0./s1. The summed E-state index contributed by atoms with van der Waals surface area (Å²) in [6.07, 6.45) is 1.54. The normalized spacial score (nSPS) is 17.3. The molecule has 1 fully saturated rings. The van der Waals surface area contributed by atoms with Crippen molar-refractivity contribution in [2.45, 2.75) is 18.9 Å². The highest BCUT2D eigenvalue weighted by Gasteiger charge is 2.29. The average Bonchev–Trinajstić information content (AvgIpc) is 2.41. The summed E-state index contributed by atoms with van der Waals surface area (Å²) in [6, 6.07) is 2.46. The first-order valence-electron chi connectivity index (χ1n) is 6.10. The van der Waals surface area contributed by atoms with Gasteiger partial charge in [0.2, 0.25) is 0 Å². The van der Waals surface area contributed by atoms with Crippen LogP contribution in [0.4, 0.5) is 0 Å². The molecule has 20 heavy (non-hydrogen) atoms. The van der Waals surface area contributed by atoms with E-state index in [1.54, 1.807) is 0 Å². The Morgan fingerprint density at radius 3 is 2.55 bits per heavy atom. The maximum absolute atomic E-state index is 11.3. The van der Waals surface area contributed by atoms with E-state index < -0.39 is 12.0 Å². The number of rotatable bonds is 3. The third kappa shape index (κ3) is 3.44. The first-order chi connectivity index (χ1) is 9.02. The van der Waals surface area contributed by atoms with Crippen LogP contribution in [-0.2, 0) is 4.74 Å². The molecule has 0 amide bonds. The highest BCUT2D eigenvalue weighted by molar-refractivity contribution is 9.10. The minimum absolute atomic E-state index is 0. The number of benzene rings is 1. The summed E-state index contributed by atoms with van der Waals surface area (Å²) in [4.78, 5) is 11.3. The van der Waals surface area contributed by atoms with Crippen LogP contribution in [0.2, 0.25) is 0 Å². The quantitative estimate of drug-likeness (QED) is 0.765. The van der Waals surface area contributed by atoms with E-state index in [1.165, 1.54) is 12.1 Å². The number of halogens is 2. The van der Waals surface area contributed by atoms with Crippen LogP contribution in [-0.4, -0.2) is 29.4 Å². The number of hydrogen-bond donors (Lipinski definition) is 3. The molecule has 0 saturated carbocycles. The lowest BCUT2D eigenvalue weighted by Crippen LogP contribution is -2.29. The van der Waals surface area contributed by atoms with Crippen molar-refractivity contribution in [2.24, 2.45) is 11.7 Å². The summed E-state index contributed by atoms with van der Waals surface area (Å²) in [5.74, 6) is -1.05. The van der Waals surface area contributed by atoms with Gasteiger partial charge in [0.15, 0.2) is 0 Å². The molecule has 0 bridgehead atoms. The van der Waals surface area contributed by atoms with Gasteiger partial charge in [0.05, 0.1) is 10.0 Å². The van der Waals surface area contributed by atoms with E-state index in [4.69, 9.17) is 10.5 Å². The first kappa shape index (κ1) is 17.2. The van der Waals surface area contributed by atoms with E-state index in [2.05, 4.69) is 15.9 Å². The minimum Gasteiger partial charge on any atom is -0.506 e. The topological polar surface area (TPSA) is 92.8 Å². The molecule has 1 aromatic carbocycles. The summed E-state index contributed by atoms with van der Waals surface area (Å²) in [5.41, 5.74) is 6.53. The summed E-state index contributed by atoms with van der Waals surface area (Å²) in [7, 11) is 0. The Morgan fingerprint density at radius 2 is 2.00 bits per heavy atom. The van der Waals surface area contributed by atoms with Gasteiger partial charge in [-0.2, -0.15) is 0 Å². The minimum atomic E-state index is -1.08. The van der Waals surface area contributed by atoms with Gasteiger partial charge >= 0.3 is 5.97 Å². The number of carboxylic acids is 1. The van der Waals surface area contributed by atoms with Crippen molar-refractivity contribution in [1.82, 2.24) is 0 Å². The van der Waals surface area contributed by atoms with Crippen molar-refractivity contribution < 1.29 is 19.7 Å². The summed E-state index contributed by atoms with van der Waals surface area (Å²) >= 11 is 3.20. The molecule has 1 atom stereocenters. The van der Waals surface area contributed by atoms with Gasteiger partial charge in [-0.15, -0.1) is 12.4 Å². The third-order valence-electron chi connectivity index (χ3n) is 3.51. The zero-order valence-electron chi connectivity index (χ0n) is 10.7. The van der Waals surface area contributed by atoms with Gasteiger partial charge in [0.1, 0.15) is 5.75 Å². The van der Waals surface area contributed by atoms with Crippen LogP contribution in [0.5, 0.6) is 5.75 Å². The summed E-state index contributed by atoms with van der Waals surface area (Å²) in [5, 5.41) is 19.3. The molecule has 1 heterocycles. The SMILES string of the molecule is Cl.N[C@H](c1c(C(=O)O)ccc(Br)c1O)C1CCOCC1. The van der Waals surface area contributed by atoms with Gasteiger partial charge in [0, 0.05) is 24.8 Å². The molecule has 2 rings (SSSR count). The van der Waals surface area contributed by atoms with Gasteiger partial charge in [-0.05, 0) is 46.8 Å². The van der Waals surface area contributed by atoms with Crippen LogP contribution in [0.15, 0.2) is 16.6 Å². The lowest BCUT2D eigenvalue weighted by Gasteiger charge is -2.29. The van der Waals surface area contributed by atoms with E-state index in [1.807, 2.05) is 0 Å². The molecular weight excluding hydrogens is 350 g/mol. The van der Waals surface area contributed by atoms with Crippen molar-refractivity contribution in [1.29, 1.82) is 0 Å². The maximum Gasteiger partial charge on any atom is 0.336 e. The van der Waals surface area contributed by atoms with Crippen LogP contribution in [0.1, 0.15) is 34.8 Å². The van der Waals surface area contributed by atoms with Gasteiger partial charge in [-0.1, -0.05) is 0 Å². The molecule has 0 aromatic heterocycles. The number of aromatic carboxylic acids is 1. The fraction of sp³-hybridized carbons (Fsp3) is 0.462. The number of phenols is 1. The monoisotopic (exact) mass is 365 g/mol. The fourth-order valence-electron chi connectivity index (χ4n) is 2.42. The summed E-state index contributed by atoms with van der Waals surface area (Å²) < 4.78 is 5.73. The van der Waals surface area contributed by atoms with Crippen LogP contribution in [0.3, 0.4) is 0 Å². The van der Waals surface area contributed by atoms with E-state index >= 15 is 0 Å². The molecule has 112 valence electrons. The second kappa shape index (κ2) is 7.26. The highest BCUT2D eigenvalue weighted by atomic mass is 79.9. The largest absolute Gasteiger partial charge is 0.506 e. The number of hydrogen-bond acceptors (Lipinski definition) is 4. The van der Waals surface area contributed by atoms with Crippen LogP contribution in [0.25, 0.3) is 0 Å². The second-order valence-corrected chi connectivity index (χ2v) is 5.49. The summed E-state index contributed by atoms with van der Waals surface area (Å²) in [6.45, 7) is 1.24. The molecule has 7 heteroatoms. The Bertz CT molecular complexity index is 492. The Labute approximate surface area is 131 Å². The predicted molar refractivity (Wildman–Crippen MR) is 80.5 cm³/mol. The molecule has 0 unspecified atom stereocenters. The van der Waals surface area contributed by atoms with E-state index in [0.29, 0.717) is 23.2 Å². The molecule has 1 aliphatic rings. The zero-order valence-corrected chi connectivity index (χ0v) is 13.1. The average molecular weight is 367 g/mol. The molecule has 0 aliphatic carbocycles. The van der Waals surface area contributed by atoms with Crippen molar-refractivity contribution in [3.05, 3.63) is 27.7 Å². The van der Waals surface area contributed by atoms with Crippen molar-refractivity contribution >= 4 is 34.3 Å². The smallest absolute Gasteiger partial charge is 0.336 e. The molecule has 1 saturated heterocycles. The Morgan fingerprint density at radius 1 is 1.40 bits per heavy atom. The van der Waals surface area contributed by atoms with Crippen LogP contribution in [0, 0.1) is 5.92 Å². The maximum atomic E-state index is 11.3. The highest BCUT2D eigenvalue weighted by Crippen LogP contribution is 2.39. The number of aromatic hydroxyl groups is 1. The Kier molecular flexibility index (Phi) is 6.26. The number of carboxylic acid groups (broad SMARTS) is 1. The number of ether oxygens (including phenoxy) is 1. The van der Waals surface area contributed by atoms with E-state index in [0.717, 1.165) is 12.8 Å². The third-order valence-corrected chi connectivity index (χ3v) is 4.15. The lowest BCUT2D eigenvalue weighted by atomic mass is 9.85. The Balaban J connectivity index is 0.00000200. The molecule has 1 aromatic rings. The predicted octanol–water partition coefficient (Wildman–Crippen LogP) is 2.70. The van der Waals surface area contributed by atoms with E-state index in [-0.39, 0.29) is 29.6 Å². The van der Waals surface area contributed by atoms with Gasteiger partial charge in [-0.25, -0.2) is 4.79 Å². The number of carbonyl (C=O) groups is 1. The molecular formula is C13H17BrClNO4. The van der Waals surface area contributed by atoms with Gasteiger partial charge in [0.25, 0.3) is 0 Å². The van der Waals surface area contributed by atoms with Gasteiger partial charge in [-0.3, -0.25) is 0 Å². The zero-order chi connectivity index (χ0) is 14.0.